The number of para-hydroxylation sites is 1. The molecule has 0 bridgehead atoms. The second-order valence-electron chi connectivity index (χ2n) is 3.62. The first-order valence-electron chi connectivity index (χ1n) is 5.31. The molecule has 0 unspecified atom stereocenters. The summed E-state index contributed by atoms with van der Waals surface area (Å²) in [5.74, 6) is -0.300. The molecule has 0 aromatic heterocycles. The number of hydrogen-bond donors (Lipinski definition) is 2. The van der Waals surface area contributed by atoms with Crippen LogP contribution in [0.15, 0.2) is 24.3 Å². The molecule has 100 valence electrons. The zero-order chi connectivity index (χ0) is 12.8. The molecule has 6 nitrogen and oxygen atoms in total. The quantitative estimate of drug-likeness (QED) is 0.625. The van der Waals surface area contributed by atoms with Gasteiger partial charge in [-0.15, -0.1) is 12.4 Å². The summed E-state index contributed by atoms with van der Waals surface area (Å²) in [6.07, 6.45) is 0.530. The third-order valence-corrected chi connectivity index (χ3v) is 2.42. The minimum absolute atomic E-state index is 0. The van der Waals surface area contributed by atoms with E-state index in [1.54, 1.807) is 25.1 Å². The van der Waals surface area contributed by atoms with Gasteiger partial charge in [-0.25, -0.2) is 0 Å². The van der Waals surface area contributed by atoms with Crippen LogP contribution in [0.2, 0.25) is 0 Å². The molecule has 1 rings (SSSR count). The number of halogens is 1. The van der Waals surface area contributed by atoms with E-state index in [0.717, 1.165) is 0 Å². The second kappa shape index (κ2) is 7.62. The highest BCUT2D eigenvalue weighted by atomic mass is 35.5. The van der Waals surface area contributed by atoms with Crippen molar-refractivity contribution in [2.75, 3.05) is 0 Å². The van der Waals surface area contributed by atoms with Crippen LogP contribution >= 0.6 is 12.4 Å². The number of nitrogens with zero attached hydrogens (tertiary/aromatic N) is 1. The summed E-state index contributed by atoms with van der Waals surface area (Å²) in [7, 11) is 0. The molecule has 0 aliphatic rings. The molecule has 7 heteroatoms. The molecular weight excluding hydrogens is 258 g/mol. The van der Waals surface area contributed by atoms with E-state index in [1.165, 1.54) is 6.07 Å². The minimum Gasteiger partial charge on any atom is -0.350 e. The van der Waals surface area contributed by atoms with Gasteiger partial charge in [-0.3, -0.25) is 14.9 Å². The maximum Gasteiger partial charge on any atom is 0.274 e. The first-order valence-corrected chi connectivity index (χ1v) is 5.31. The Hall–Kier alpha value is -1.66. The number of amides is 1. The van der Waals surface area contributed by atoms with Crippen molar-refractivity contribution in [1.29, 1.82) is 0 Å². The Labute approximate surface area is 111 Å². The zero-order valence-corrected chi connectivity index (χ0v) is 10.8. The van der Waals surface area contributed by atoms with E-state index >= 15 is 0 Å². The Morgan fingerprint density at radius 2 is 2.11 bits per heavy atom. The monoisotopic (exact) mass is 273 g/mol. The molecular formula is C11H16ClN3O3. The fourth-order valence-electron chi connectivity index (χ4n) is 1.34. The van der Waals surface area contributed by atoms with Gasteiger partial charge in [0, 0.05) is 18.2 Å². The largest absolute Gasteiger partial charge is 0.350 e. The molecule has 1 amide bonds. The van der Waals surface area contributed by atoms with Gasteiger partial charge in [0.15, 0.2) is 0 Å². The average Bonchev–Trinajstić information content (AvgIpc) is 2.35. The van der Waals surface area contributed by atoms with Crippen LogP contribution in [0.1, 0.15) is 18.9 Å². The summed E-state index contributed by atoms with van der Waals surface area (Å²) in [6.45, 7) is 1.92. The fourth-order valence-corrected chi connectivity index (χ4v) is 1.34. The Morgan fingerprint density at radius 3 is 2.67 bits per heavy atom. The highest BCUT2D eigenvalue weighted by Gasteiger charge is 2.15. The first-order chi connectivity index (χ1) is 8.06. The smallest absolute Gasteiger partial charge is 0.274 e. The van der Waals surface area contributed by atoms with E-state index in [-0.39, 0.29) is 30.5 Å². The van der Waals surface area contributed by atoms with Crippen LogP contribution < -0.4 is 11.1 Å². The topological polar surface area (TPSA) is 98.3 Å². The summed E-state index contributed by atoms with van der Waals surface area (Å²) < 4.78 is 0. The number of carbonyl (C=O) groups excluding carboxylic acids is 1. The van der Waals surface area contributed by atoms with Gasteiger partial charge in [0.05, 0.1) is 11.0 Å². The summed E-state index contributed by atoms with van der Waals surface area (Å²) in [5.41, 5.74) is 6.00. The lowest BCUT2D eigenvalue weighted by Crippen LogP contribution is -2.39. The van der Waals surface area contributed by atoms with Gasteiger partial charge in [-0.05, 0) is 6.42 Å². The van der Waals surface area contributed by atoms with Crippen LogP contribution in [0.3, 0.4) is 0 Å². The lowest BCUT2D eigenvalue weighted by Gasteiger charge is -2.10. The molecule has 18 heavy (non-hydrogen) atoms. The molecule has 1 aromatic rings. The van der Waals surface area contributed by atoms with E-state index in [4.69, 9.17) is 5.73 Å². The molecule has 0 aliphatic heterocycles. The van der Waals surface area contributed by atoms with Crippen LogP contribution in [0.4, 0.5) is 5.69 Å². The van der Waals surface area contributed by atoms with E-state index in [0.29, 0.717) is 12.0 Å². The van der Waals surface area contributed by atoms with Crippen molar-refractivity contribution in [2.45, 2.75) is 25.9 Å². The summed E-state index contributed by atoms with van der Waals surface area (Å²) in [6, 6.07) is 5.71. The van der Waals surface area contributed by atoms with Gasteiger partial charge >= 0.3 is 0 Å². The average molecular weight is 274 g/mol. The fraction of sp³-hybridized carbons (Fsp3) is 0.364. The Balaban J connectivity index is 0.00000289. The molecule has 0 heterocycles. The Kier molecular flexibility index (Phi) is 6.92. The normalized spacial score (nSPS) is 11.2. The van der Waals surface area contributed by atoms with Crippen LogP contribution in [0, 0.1) is 10.1 Å². The maximum atomic E-state index is 11.4. The third-order valence-electron chi connectivity index (χ3n) is 2.42. The van der Waals surface area contributed by atoms with Crippen molar-refractivity contribution >= 4 is 24.0 Å². The van der Waals surface area contributed by atoms with Gasteiger partial charge in [0.25, 0.3) is 5.69 Å². The lowest BCUT2D eigenvalue weighted by atomic mass is 10.1. The zero-order valence-electron chi connectivity index (χ0n) is 9.96. The number of nitro groups is 1. The number of hydrogen-bond acceptors (Lipinski definition) is 4. The highest BCUT2D eigenvalue weighted by molar-refractivity contribution is 5.85. The van der Waals surface area contributed by atoms with Crippen molar-refractivity contribution in [2.24, 2.45) is 5.73 Å². The van der Waals surface area contributed by atoms with E-state index < -0.39 is 11.0 Å². The summed E-state index contributed by atoms with van der Waals surface area (Å²) >= 11 is 0. The second-order valence-corrected chi connectivity index (χ2v) is 3.62. The molecule has 0 aliphatic carbocycles. The minimum atomic E-state index is -0.572. The molecule has 0 fully saturated rings. The Morgan fingerprint density at radius 1 is 1.50 bits per heavy atom. The number of rotatable bonds is 5. The van der Waals surface area contributed by atoms with Crippen LogP contribution in [-0.2, 0) is 11.3 Å². The Bertz CT molecular complexity index is 426. The van der Waals surface area contributed by atoms with E-state index in [1.807, 2.05) is 0 Å². The first kappa shape index (κ1) is 16.3. The van der Waals surface area contributed by atoms with Crippen molar-refractivity contribution in [1.82, 2.24) is 5.32 Å². The highest BCUT2D eigenvalue weighted by Crippen LogP contribution is 2.16. The number of nitrogens with two attached hydrogens (primary N) is 1. The van der Waals surface area contributed by atoms with Gasteiger partial charge in [0.1, 0.15) is 0 Å². The molecule has 0 spiro atoms. The molecule has 3 N–H and O–H groups in total. The number of benzene rings is 1. The van der Waals surface area contributed by atoms with Crippen molar-refractivity contribution in [3.05, 3.63) is 39.9 Å². The number of carbonyl (C=O) groups is 1. The van der Waals surface area contributed by atoms with Crippen LogP contribution in [0.5, 0.6) is 0 Å². The van der Waals surface area contributed by atoms with Crippen molar-refractivity contribution in [3.63, 3.8) is 0 Å². The van der Waals surface area contributed by atoms with E-state index in [2.05, 4.69) is 5.32 Å². The standard InChI is InChI=1S/C11H15N3O3.ClH/c1-2-9(12)11(15)13-7-8-5-3-4-6-10(8)14(16)17;/h3-6,9H,2,7,12H2,1H3,(H,13,15);1H/t9-;/m0./s1. The van der Waals surface area contributed by atoms with Gasteiger partial charge in [-0.1, -0.05) is 25.1 Å². The van der Waals surface area contributed by atoms with Crippen molar-refractivity contribution in [3.8, 4) is 0 Å². The van der Waals surface area contributed by atoms with Gasteiger partial charge in [0.2, 0.25) is 5.91 Å². The van der Waals surface area contributed by atoms with Gasteiger partial charge < -0.3 is 11.1 Å². The van der Waals surface area contributed by atoms with Crippen LogP contribution in [0.25, 0.3) is 0 Å². The van der Waals surface area contributed by atoms with Gasteiger partial charge in [-0.2, -0.15) is 0 Å². The predicted octanol–water partition coefficient (Wildman–Crippen LogP) is 1.37. The van der Waals surface area contributed by atoms with Crippen LogP contribution in [-0.4, -0.2) is 16.9 Å². The summed E-state index contributed by atoms with van der Waals surface area (Å²) in [4.78, 5) is 21.7. The molecule has 0 saturated carbocycles. The molecule has 1 atom stereocenters. The van der Waals surface area contributed by atoms with E-state index in [9.17, 15) is 14.9 Å². The van der Waals surface area contributed by atoms with Crippen molar-refractivity contribution < 1.29 is 9.72 Å². The number of nitrogens with one attached hydrogen (secondary N) is 1. The molecule has 0 saturated heterocycles. The SMILES string of the molecule is CC[C@H](N)C(=O)NCc1ccccc1[N+](=O)[O-].Cl. The summed E-state index contributed by atoms with van der Waals surface area (Å²) in [5, 5.41) is 13.3. The third kappa shape index (κ3) is 4.31. The lowest BCUT2D eigenvalue weighted by molar-refractivity contribution is -0.385. The maximum absolute atomic E-state index is 11.4. The molecule has 1 aromatic carbocycles. The number of nitro benzene ring substituents is 1. The molecule has 0 radical (unpaired) electrons. The predicted molar refractivity (Wildman–Crippen MR) is 70.5 cm³/mol.